The average Bonchev–Trinajstić information content (AvgIpc) is 3.06. The molecule has 8 heteroatoms. The van der Waals surface area contributed by atoms with Crippen LogP contribution in [-0.2, 0) is 16.6 Å². The number of nitrogens with one attached hydrogen (secondary N) is 1. The average molecular weight is 464 g/mol. The molecule has 1 unspecified atom stereocenters. The van der Waals surface area contributed by atoms with Crippen molar-refractivity contribution in [3.63, 3.8) is 0 Å². The molecule has 0 aliphatic heterocycles. The first kappa shape index (κ1) is 20.6. The molecule has 0 fully saturated rings. The SMILES string of the molecule is CCn1c(C(C)NS(=O)(=O)c2cccc(Br)c2)cnc1Oc1ccc(C)cc1. The summed E-state index contributed by atoms with van der Waals surface area (Å²) in [5.41, 5.74) is 1.87. The zero-order chi connectivity index (χ0) is 20.3. The zero-order valence-corrected chi connectivity index (χ0v) is 18.3. The Morgan fingerprint density at radius 2 is 1.93 bits per heavy atom. The van der Waals surface area contributed by atoms with E-state index in [2.05, 4.69) is 25.6 Å². The highest BCUT2D eigenvalue weighted by molar-refractivity contribution is 9.10. The number of rotatable bonds is 7. The predicted molar refractivity (Wildman–Crippen MR) is 112 cm³/mol. The van der Waals surface area contributed by atoms with E-state index in [0.29, 0.717) is 22.8 Å². The van der Waals surface area contributed by atoms with E-state index in [1.807, 2.05) is 42.7 Å². The van der Waals surface area contributed by atoms with Crippen LogP contribution in [0, 0.1) is 6.92 Å². The summed E-state index contributed by atoms with van der Waals surface area (Å²) in [6.07, 6.45) is 1.64. The zero-order valence-electron chi connectivity index (χ0n) is 15.9. The lowest BCUT2D eigenvalue weighted by molar-refractivity contribution is 0.408. The fourth-order valence-electron chi connectivity index (χ4n) is 2.82. The van der Waals surface area contributed by atoms with Crippen LogP contribution in [0.1, 0.15) is 31.1 Å². The van der Waals surface area contributed by atoms with Gasteiger partial charge in [0, 0.05) is 11.0 Å². The molecule has 0 saturated heterocycles. The van der Waals surface area contributed by atoms with Crippen molar-refractivity contribution in [3.05, 3.63) is 70.5 Å². The lowest BCUT2D eigenvalue weighted by Crippen LogP contribution is -2.28. The van der Waals surface area contributed by atoms with Gasteiger partial charge in [-0.1, -0.05) is 39.7 Å². The van der Waals surface area contributed by atoms with Gasteiger partial charge in [0.05, 0.1) is 22.8 Å². The Bertz CT molecular complexity index is 1060. The van der Waals surface area contributed by atoms with Crippen LogP contribution in [0.5, 0.6) is 11.8 Å². The van der Waals surface area contributed by atoms with Crippen LogP contribution in [0.3, 0.4) is 0 Å². The van der Waals surface area contributed by atoms with Gasteiger partial charge in [0.2, 0.25) is 10.0 Å². The molecule has 3 aromatic rings. The number of benzene rings is 2. The van der Waals surface area contributed by atoms with E-state index in [0.717, 1.165) is 11.3 Å². The predicted octanol–water partition coefficient (Wildman–Crippen LogP) is 4.81. The van der Waals surface area contributed by atoms with E-state index in [-0.39, 0.29) is 4.90 Å². The maximum Gasteiger partial charge on any atom is 0.302 e. The summed E-state index contributed by atoms with van der Waals surface area (Å²) in [5.74, 6) is 0.680. The van der Waals surface area contributed by atoms with Gasteiger partial charge in [0.25, 0.3) is 0 Å². The Morgan fingerprint density at radius 3 is 2.57 bits per heavy atom. The van der Waals surface area contributed by atoms with Gasteiger partial charge >= 0.3 is 6.01 Å². The highest BCUT2D eigenvalue weighted by Gasteiger charge is 2.22. The van der Waals surface area contributed by atoms with Crippen molar-refractivity contribution in [1.82, 2.24) is 14.3 Å². The molecule has 0 bridgehead atoms. The summed E-state index contributed by atoms with van der Waals surface area (Å²) in [7, 11) is -3.67. The summed E-state index contributed by atoms with van der Waals surface area (Å²) in [4.78, 5) is 4.54. The monoisotopic (exact) mass is 463 g/mol. The van der Waals surface area contributed by atoms with Crippen molar-refractivity contribution in [2.45, 2.75) is 38.3 Å². The van der Waals surface area contributed by atoms with Gasteiger partial charge in [-0.25, -0.2) is 18.1 Å². The van der Waals surface area contributed by atoms with Crippen LogP contribution in [-0.4, -0.2) is 18.0 Å². The number of sulfonamides is 1. The molecule has 1 N–H and O–H groups in total. The molecule has 0 radical (unpaired) electrons. The first-order valence-corrected chi connectivity index (χ1v) is 11.2. The number of nitrogens with zero attached hydrogens (tertiary/aromatic N) is 2. The number of aromatic nitrogens is 2. The maximum atomic E-state index is 12.7. The smallest absolute Gasteiger partial charge is 0.302 e. The Morgan fingerprint density at radius 1 is 1.21 bits per heavy atom. The third-order valence-corrected chi connectivity index (χ3v) is 6.31. The standard InChI is InChI=1S/C20H22BrN3O3S/c1-4-24-19(13-22-20(24)27-17-10-8-14(2)9-11-17)15(3)23-28(25,26)18-7-5-6-16(21)12-18/h5-13,15,23H,4H2,1-3H3. The molecule has 148 valence electrons. The maximum absolute atomic E-state index is 12.7. The molecule has 0 saturated carbocycles. The van der Waals surface area contributed by atoms with Gasteiger partial charge in [-0.3, -0.25) is 4.57 Å². The molecule has 6 nitrogen and oxygen atoms in total. The molecular weight excluding hydrogens is 442 g/mol. The Labute approximate surface area is 173 Å². The minimum absolute atomic E-state index is 0.201. The lowest BCUT2D eigenvalue weighted by Gasteiger charge is -2.17. The van der Waals surface area contributed by atoms with Gasteiger partial charge in [-0.05, 0) is 51.1 Å². The second-order valence-corrected chi connectivity index (χ2v) is 9.06. The molecular formula is C20H22BrN3O3S. The van der Waals surface area contributed by atoms with E-state index in [1.54, 1.807) is 37.4 Å². The fraction of sp³-hybridized carbons (Fsp3) is 0.250. The van der Waals surface area contributed by atoms with Crippen LogP contribution < -0.4 is 9.46 Å². The topological polar surface area (TPSA) is 73.2 Å². The van der Waals surface area contributed by atoms with Crippen molar-refractivity contribution in [3.8, 4) is 11.8 Å². The van der Waals surface area contributed by atoms with Crippen molar-refractivity contribution >= 4 is 26.0 Å². The number of hydrogen-bond acceptors (Lipinski definition) is 4. The first-order valence-electron chi connectivity index (χ1n) is 8.88. The second-order valence-electron chi connectivity index (χ2n) is 6.43. The molecule has 3 rings (SSSR count). The minimum atomic E-state index is -3.67. The first-order chi connectivity index (χ1) is 13.3. The van der Waals surface area contributed by atoms with Crippen molar-refractivity contribution in [1.29, 1.82) is 0 Å². The molecule has 28 heavy (non-hydrogen) atoms. The summed E-state index contributed by atoms with van der Waals surface area (Å²) < 4.78 is 36.6. The van der Waals surface area contributed by atoms with Crippen LogP contribution in [0.15, 0.2) is 64.1 Å². The molecule has 0 aliphatic rings. The summed E-state index contributed by atoms with van der Waals surface area (Å²) in [6.45, 7) is 6.35. The third-order valence-electron chi connectivity index (χ3n) is 4.28. The third kappa shape index (κ3) is 4.63. The number of halogens is 1. The van der Waals surface area contributed by atoms with E-state index in [4.69, 9.17) is 4.74 Å². The van der Waals surface area contributed by atoms with Gasteiger partial charge in [0.1, 0.15) is 5.75 Å². The van der Waals surface area contributed by atoms with Crippen molar-refractivity contribution in [2.75, 3.05) is 0 Å². The summed E-state index contributed by atoms with van der Waals surface area (Å²) in [6, 6.07) is 14.2. The van der Waals surface area contributed by atoms with E-state index in [9.17, 15) is 8.42 Å². The van der Waals surface area contributed by atoms with Crippen LogP contribution in [0.4, 0.5) is 0 Å². The Kier molecular flexibility index (Phi) is 6.22. The summed E-state index contributed by atoms with van der Waals surface area (Å²) >= 11 is 3.30. The molecule has 0 spiro atoms. The number of aryl methyl sites for hydroxylation is 1. The van der Waals surface area contributed by atoms with Crippen LogP contribution in [0.25, 0.3) is 0 Å². The number of hydrogen-bond donors (Lipinski definition) is 1. The number of imidazole rings is 1. The highest BCUT2D eigenvalue weighted by Crippen LogP contribution is 2.26. The lowest BCUT2D eigenvalue weighted by atomic mass is 10.2. The molecule has 0 aliphatic carbocycles. The van der Waals surface area contributed by atoms with E-state index < -0.39 is 16.1 Å². The van der Waals surface area contributed by atoms with E-state index >= 15 is 0 Å². The molecule has 2 aromatic carbocycles. The quantitative estimate of drug-likeness (QED) is 0.545. The largest absolute Gasteiger partial charge is 0.426 e. The molecule has 0 amide bonds. The molecule has 1 atom stereocenters. The molecule has 1 heterocycles. The fourth-order valence-corrected chi connectivity index (χ4v) is 4.64. The Balaban J connectivity index is 1.83. The minimum Gasteiger partial charge on any atom is -0.426 e. The summed E-state index contributed by atoms with van der Waals surface area (Å²) in [5, 5.41) is 0. The van der Waals surface area contributed by atoms with Gasteiger partial charge in [-0.15, -0.1) is 0 Å². The van der Waals surface area contributed by atoms with Crippen molar-refractivity contribution < 1.29 is 13.2 Å². The number of ether oxygens (including phenoxy) is 1. The van der Waals surface area contributed by atoms with Crippen molar-refractivity contribution in [2.24, 2.45) is 0 Å². The van der Waals surface area contributed by atoms with Gasteiger partial charge < -0.3 is 4.74 Å². The van der Waals surface area contributed by atoms with E-state index in [1.165, 1.54) is 0 Å². The normalized spacial score (nSPS) is 12.7. The second kappa shape index (κ2) is 8.46. The highest BCUT2D eigenvalue weighted by atomic mass is 79.9. The van der Waals surface area contributed by atoms with Gasteiger partial charge in [-0.2, -0.15) is 0 Å². The van der Waals surface area contributed by atoms with Gasteiger partial charge in [0.15, 0.2) is 0 Å². The Hall–Kier alpha value is -2.16. The van der Waals surface area contributed by atoms with Crippen LogP contribution >= 0.6 is 15.9 Å². The van der Waals surface area contributed by atoms with Crippen LogP contribution in [0.2, 0.25) is 0 Å². The molecule has 1 aromatic heterocycles.